The quantitative estimate of drug-likeness (QED) is 0.195. The predicted octanol–water partition coefficient (Wildman–Crippen LogP) is 9.21. The molecule has 1 heterocycles. The summed E-state index contributed by atoms with van der Waals surface area (Å²) in [7, 11) is 0. The summed E-state index contributed by atoms with van der Waals surface area (Å²) in [5, 5.41) is 3.01. The average Bonchev–Trinajstić information content (AvgIpc) is 3.05. The number of halogens is 3. The molecule has 0 saturated carbocycles. The van der Waals surface area contributed by atoms with Crippen LogP contribution in [-0.4, -0.2) is 23.9 Å². The molecule has 3 nitrogen and oxygen atoms in total. The van der Waals surface area contributed by atoms with Gasteiger partial charge < -0.3 is 5.32 Å². The lowest BCUT2D eigenvalue weighted by molar-refractivity contribution is -0.137. The number of rotatable bonds is 8. The van der Waals surface area contributed by atoms with Gasteiger partial charge in [0.25, 0.3) is 5.91 Å². The lowest BCUT2D eigenvalue weighted by atomic mass is 9.88. The summed E-state index contributed by atoms with van der Waals surface area (Å²) in [6.07, 6.45) is -2.50. The van der Waals surface area contributed by atoms with Crippen LogP contribution >= 0.6 is 0 Å². The Balaban J connectivity index is 1.12. The number of benzene rings is 5. The maximum Gasteiger partial charge on any atom is 0.416 e. The second-order valence-corrected chi connectivity index (χ2v) is 11.2. The highest BCUT2D eigenvalue weighted by molar-refractivity contribution is 6.08. The van der Waals surface area contributed by atoms with Crippen molar-refractivity contribution in [1.29, 1.82) is 0 Å². The lowest BCUT2D eigenvalue weighted by Crippen LogP contribution is -2.32. The van der Waals surface area contributed by atoms with Gasteiger partial charge in [0.15, 0.2) is 0 Å². The summed E-state index contributed by atoms with van der Waals surface area (Å²) in [5.41, 5.74) is 6.66. The van der Waals surface area contributed by atoms with E-state index < -0.39 is 11.7 Å². The minimum Gasteiger partial charge on any atom is -0.322 e. The number of anilines is 1. The van der Waals surface area contributed by atoms with E-state index in [0.717, 1.165) is 44.6 Å². The number of carbonyl (C=O) groups is 1. The minimum atomic E-state index is -4.41. The average molecular weight is 591 g/mol. The van der Waals surface area contributed by atoms with E-state index in [2.05, 4.69) is 76.9 Å². The van der Waals surface area contributed by atoms with E-state index in [0.29, 0.717) is 28.3 Å². The zero-order chi connectivity index (χ0) is 30.5. The number of hydrogen-bond donors (Lipinski definition) is 1. The van der Waals surface area contributed by atoms with Crippen molar-refractivity contribution in [3.8, 4) is 11.1 Å². The molecule has 0 unspecified atom stereocenters. The van der Waals surface area contributed by atoms with Gasteiger partial charge in [0.1, 0.15) is 0 Å². The molecule has 0 bridgehead atoms. The van der Waals surface area contributed by atoms with Crippen LogP contribution in [0.5, 0.6) is 0 Å². The van der Waals surface area contributed by atoms with Crippen LogP contribution < -0.4 is 5.32 Å². The van der Waals surface area contributed by atoms with Crippen LogP contribution in [0.15, 0.2) is 127 Å². The largest absolute Gasteiger partial charge is 0.416 e. The Labute approximate surface area is 256 Å². The van der Waals surface area contributed by atoms with Crippen LogP contribution in [0.25, 0.3) is 11.1 Å². The summed E-state index contributed by atoms with van der Waals surface area (Å²) in [4.78, 5) is 15.8. The molecule has 0 saturated heterocycles. The van der Waals surface area contributed by atoms with E-state index in [4.69, 9.17) is 0 Å². The molecule has 222 valence electrons. The van der Waals surface area contributed by atoms with Crippen LogP contribution in [-0.2, 0) is 19.1 Å². The third-order valence-corrected chi connectivity index (χ3v) is 8.39. The van der Waals surface area contributed by atoms with Crippen LogP contribution in [0.3, 0.4) is 0 Å². The first-order chi connectivity index (χ1) is 21.3. The highest BCUT2D eigenvalue weighted by atomic mass is 19.4. The summed E-state index contributed by atoms with van der Waals surface area (Å²) in [6.45, 7) is 2.78. The van der Waals surface area contributed by atoms with Crippen LogP contribution in [0, 0.1) is 0 Å². The van der Waals surface area contributed by atoms with Gasteiger partial charge in [-0.3, -0.25) is 9.69 Å². The Hall–Kier alpha value is -4.68. The zero-order valence-electron chi connectivity index (χ0n) is 24.2. The van der Waals surface area contributed by atoms with Gasteiger partial charge in [0, 0.05) is 30.3 Å². The van der Waals surface area contributed by atoms with E-state index in [1.807, 2.05) is 12.1 Å². The second kappa shape index (κ2) is 12.9. The molecule has 1 amide bonds. The van der Waals surface area contributed by atoms with E-state index in [1.165, 1.54) is 34.4 Å². The van der Waals surface area contributed by atoms with Crippen molar-refractivity contribution in [3.05, 3.63) is 161 Å². The van der Waals surface area contributed by atoms with Gasteiger partial charge >= 0.3 is 6.18 Å². The van der Waals surface area contributed by atoms with E-state index >= 15 is 0 Å². The Morgan fingerprint density at radius 3 is 2.05 bits per heavy atom. The van der Waals surface area contributed by atoms with Gasteiger partial charge in [-0.25, -0.2) is 0 Å². The summed E-state index contributed by atoms with van der Waals surface area (Å²) in [6, 6.07) is 39.3. The smallest absolute Gasteiger partial charge is 0.322 e. The van der Waals surface area contributed by atoms with Gasteiger partial charge in [0.2, 0.25) is 0 Å². The third-order valence-electron chi connectivity index (χ3n) is 8.39. The predicted molar refractivity (Wildman–Crippen MR) is 170 cm³/mol. The molecule has 5 aromatic carbocycles. The number of nitrogens with one attached hydrogen (secondary N) is 1. The van der Waals surface area contributed by atoms with Crippen molar-refractivity contribution in [3.63, 3.8) is 0 Å². The molecule has 6 rings (SSSR count). The maximum absolute atomic E-state index is 13.3. The standard InChI is InChI=1S/C38H33F3N2O/c39-38(40,41)32-18-15-29(16-19-32)35-13-7-8-14-36(35)37(44)42-33-20-17-31-26-43(23-21-30(31)25-33)24-22-34(27-9-3-1-4-10-27)28-11-5-2-6-12-28/h1-20,25,34H,21-24,26H2,(H,42,44). The highest BCUT2D eigenvalue weighted by Crippen LogP contribution is 2.33. The molecule has 5 aromatic rings. The molecule has 0 aromatic heterocycles. The minimum absolute atomic E-state index is 0.300. The molecule has 0 aliphatic carbocycles. The number of alkyl halides is 3. The summed E-state index contributed by atoms with van der Waals surface area (Å²) >= 11 is 0. The van der Waals surface area contributed by atoms with Crippen LogP contribution in [0.2, 0.25) is 0 Å². The first-order valence-corrected chi connectivity index (χ1v) is 14.9. The highest BCUT2D eigenvalue weighted by Gasteiger charge is 2.30. The molecule has 0 fully saturated rings. The first-order valence-electron chi connectivity index (χ1n) is 14.9. The fourth-order valence-electron chi connectivity index (χ4n) is 6.06. The summed E-state index contributed by atoms with van der Waals surface area (Å²) < 4.78 is 39.1. The monoisotopic (exact) mass is 590 g/mol. The van der Waals surface area contributed by atoms with Crippen molar-refractivity contribution in [2.45, 2.75) is 31.5 Å². The molecule has 6 heteroatoms. The molecule has 1 aliphatic heterocycles. The van der Waals surface area contributed by atoms with Crippen molar-refractivity contribution in [2.75, 3.05) is 18.4 Å². The van der Waals surface area contributed by atoms with Crippen molar-refractivity contribution in [1.82, 2.24) is 4.90 Å². The second-order valence-electron chi connectivity index (χ2n) is 11.2. The number of amides is 1. The van der Waals surface area contributed by atoms with E-state index in [1.54, 1.807) is 24.3 Å². The van der Waals surface area contributed by atoms with Gasteiger partial charge in [0.05, 0.1) is 5.56 Å². The Kier molecular flexibility index (Phi) is 8.62. The maximum atomic E-state index is 13.3. The number of nitrogens with zero attached hydrogens (tertiary/aromatic N) is 1. The Morgan fingerprint density at radius 2 is 1.39 bits per heavy atom. The van der Waals surface area contributed by atoms with Gasteiger partial charge in [-0.15, -0.1) is 0 Å². The third kappa shape index (κ3) is 6.76. The molecule has 0 atom stereocenters. The topological polar surface area (TPSA) is 32.3 Å². The molecule has 0 spiro atoms. The van der Waals surface area contributed by atoms with Gasteiger partial charge in [-0.05, 0) is 83.1 Å². The van der Waals surface area contributed by atoms with Crippen molar-refractivity contribution < 1.29 is 18.0 Å². The van der Waals surface area contributed by atoms with Crippen LogP contribution in [0.4, 0.5) is 18.9 Å². The fourth-order valence-corrected chi connectivity index (χ4v) is 6.06. The molecular weight excluding hydrogens is 557 g/mol. The number of fused-ring (bicyclic) bond motifs is 1. The molecule has 0 radical (unpaired) electrons. The molecule has 44 heavy (non-hydrogen) atoms. The first kappa shape index (κ1) is 29.4. The zero-order valence-corrected chi connectivity index (χ0v) is 24.2. The molecule has 1 aliphatic rings. The van der Waals surface area contributed by atoms with Gasteiger partial charge in [-0.2, -0.15) is 13.2 Å². The number of hydrogen-bond acceptors (Lipinski definition) is 2. The number of carbonyl (C=O) groups excluding carboxylic acids is 1. The van der Waals surface area contributed by atoms with Crippen molar-refractivity contribution >= 4 is 11.6 Å². The Bertz CT molecular complexity index is 1680. The SMILES string of the molecule is O=C(Nc1ccc2c(c1)CCN(CCC(c1ccccc1)c1ccccc1)C2)c1ccccc1-c1ccc(C(F)(F)F)cc1. The normalized spacial score (nSPS) is 13.5. The molecule has 1 N–H and O–H groups in total. The lowest BCUT2D eigenvalue weighted by Gasteiger charge is -2.30. The van der Waals surface area contributed by atoms with E-state index in [-0.39, 0.29) is 5.91 Å². The summed E-state index contributed by atoms with van der Waals surface area (Å²) in [5.74, 6) is 0.0348. The Morgan fingerprint density at radius 1 is 0.750 bits per heavy atom. The van der Waals surface area contributed by atoms with Crippen molar-refractivity contribution in [2.24, 2.45) is 0 Å². The van der Waals surface area contributed by atoms with E-state index in [9.17, 15) is 18.0 Å². The van der Waals surface area contributed by atoms with Crippen LogP contribution in [0.1, 0.15) is 50.5 Å². The molecular formula is C38H33F3N2O. The van der Waals surface area contributed by atoms with Gasteiger partial charge in [-0.1, -0.05) is 97.1 Å². The fraction of sp³-hybridized carbons (Fsp3) is 0.184.